The van der Waals surface area contributed by atoms with Crippen molar-refractivity contribution in [1.29, 1.82) is 0 Å². The number of aromatic nitrogens is 2. The Morgan fingerprint density at radius 1 is 0.463 bits per heavy atom. The maximum atomic E-state index is 14.6. The van der Waals surface area contributed by atoms with Crippen molar-refractivity contribution in [1.82, 2.24) is 9.97 Å². The number of hydrogen-bond donors (Lipinski definition) is 4. The highest BCUT2D eigenvalue weighted by Gasteiger charge is 2.60. The molecule has 4 N–H and O–H groups in total. The Hall–Kier alpha value is -7.48. The summed E-state index contributed by atoms with van der Waals surface area (Å²) < 4.78 is 10.7. The maximum Gasteiger partial charge on any atom is 0.246 e. The van der Waals surface area contributed by atoms with Gasteiger partial charge in [0.1, 0.15) is 22.3 Å². The molecule has 2 aliphatic carbocycles. The standard InChI is InChI=1S/2C32H31N3O3.2CH2Cl2/c2*1-31(2)17-26(34-20-13-15-21(38-4)16-14-20)29(28(36)18-31)32(24-19-33-25-11-7-5-9-22(24)25)23-10-6-8-12-27(23)35(3)30(32)37;2*2-1-3/h2*5-16,19,33-34H,17-18H2,1-4H3;2*1H2/t2*32-;;/m00../s1. The highest BCUT2D eigenvalue weighted by Crippen LogP contribution is 2.57. The summed E-state index contributed by atoms with van der Waals surface area (Å²) in [6.45, 7) is 8.41. The zero-order chi connectivity index (χ0) is 58.7. The van der Waals surface area contributed by atoms with Crippen LogP contribution in [-0.4, -0.2) is 72.3 Å². The molecular formula is C66H66Cl4N6O6. The number of nitrogens with one attached hydrogen (secondary N) is 4. The van der Waals surface area contributed by atoms with Crippen molar-refractivity contribution in [2.24, 2.45) is 10.8 Å². The van der Waals surface area contributed by atoms with Gasteiger partial charge in [0.15, 0.2) is 11.6 Å². The van der Waals surface area contributed by atoms with Gasteiger partial charge in [-0.2, -0.15) is 0 Å². The predicted molar refractivity (Wildman–Crippen MR) is 334 cm³/mol. The van der Waals surface area contributed by atoms with Crippen molar-refractivity contribution in [2.45, 2.75) is 64.2 Å². The number of carbonyl (C=O) groups excluding carboxylic acids is 4. The van der Waals surface area contributed by atoms with E-state index in [1.165, 1.54) is 0 Å². The molecule has 12 rings (SSSR count). The number of hydrogen-bond acceptors (Lipinski definition) is 8. The highest BCUT2D eigenvalue weighted by atomic mass is 35.5. The number of H-pyrrole nitrogens is 2. The average molecular weight is 1180 g/mol. The number of carbonyl (C=O) groups is 4. The zero-order valence-corrected chi connectivity index (χ0v) is 50.1. The van der Waals surface area contributed by atoms with Crippen LogP contribution in [0.2, 0.25) is 0 Å². The first kappa shape index (κ1) is 59.2. The Kier molecular flexibility index (Phi) is 17.4. The smallest absolute Gasteiger partial charge is 0.246 e. The van der Waals surface area contributed by atoms with Gasteiger partial charge in [-0.3, -0.25) is 19.2 Å². The number of amides is 2. The molecule has 2 amide bonds. The van der Waals surface area contributed by atoms with Crippen molar-refractivity contribution in [3.63, 3.8) is 0 Å². The van der Waals surface area contributed by atoms with Gasteiger partial charge in [0.2, 0.25) is 11.8 Å². The lowest BCUT2D eigenvalue weighted by Gasteiger charge is -2.39. The van der Waals surface area contributed by atoms with E-state index in [0.29, 0.717) is 36.8 Å². The van der Waals surface area contributed by atoms with E-state index >= 15 is 0 Å². The number of methoxy groups -OCH3 is 2. The number of fused-ring (bicyclic) bond motifs is 4. The largest absolute Gasteiger partial charge is 0.497 e. The molecule has 2 aliphatic heterocycles. The summed E-state index contributed by atoms with van der Waals surface area (Å²) in [4.78, 5) is 67.9. The molecule has 16 heteroatoms. The first-order chi connectivity index (χ1) is 39.3. The van der Waals surface area contributed by atoms with Crippen LogP contribution in [-0.2, 0) is 30.0 Å². The fourth-order valence-corrected chi connectivity index (χ4v) is 12.6. The third kappa shape index (κ3) is 10.7. The van der Waals surface area contributed by atoms with E-state index in [4.69, 9.17) is 55.9 Å². The number of anilines is 4. The molecule has 8 aromatic rings. The molecule has 0 saturated heterocycles. The molecule has 4 aliphatic rings. The van der Waals surface area contributed by atoms with Crippen molar-refractivity contribution in [3.05, 3.63) is 203 Å². The lowest BCUT2D eigenvalue weighted by molar-refractivity contribution is -0.124. The van der Waals surface area contributed by atoms with Crippen molar-refractivity contribution < 1.29 is 28.7 Å². The van der Waals surface area contributed by atoms with Crippen LogP contribution in [0.25, 0.3) is 21.8 Å². The molecule has 12 nitrogen and oxygen atoms in total. The van der Waals surface area contributed by atoms with Crippen LogP contribution in [0.3, 0.4) is 0 Å². The van der Waals surface area contributed by atoms with Crippen LogP contribution < -0.4 is 29.9 Å². The topological polar surface area (TPSA) is 149 Å². The molecule has 0 saturated carbocycles. The lowest BCUT2D eigenvalue weighted by atomic mass is 9.62. The third-order valence-corrected chi connectivity index (χ3v) is 15.8. The fourth-order valence-electron chi connectivity index (χ4n) is 12.6. The Morgan fingerprint density at radius 3 is 1.15 bits per heavy atom. The van der Waals surface area contributed by atoms with Gasteiger partial charge in [0.25, 0.3) is 0 Å². The number of likely N-dealkylation sites (N-methyl/N-ethyl adjacent to an activating group) is 2. The van der Waals surface area contributed by atoms with Gasteiger partial charge >= 0.3 is 0 Å². The average Bonchev–Trinajstić information content (AvgIpc) is 1.66. The van der Waals surface area contributed by atoms with E-state index in [9.17, 15) is 19.2 Å². The van der Waals surface area contributed by atoms with Crippen LogP contribution in [0.4, 0.5) is 22.7 Å². The van der Waals surface area contributed by atoms with E-state index < -0.39 is 10.8 Å². The SMILES string of the molecule is COc1ccc(NC2=C([C@]3(c4c[nH]c5ccccc45)C(=O)N(C)c4ccccc43)C(=O)CC(C)(C)C2)cc1.COc1ccc(NC2=C([C@]3(c4c[nH]c5ccccc45)C(=O)N(C)c4ccccc43)C(=O)CC(C)(C)C2)cc1.ClCCl.ClCCl. The summed E-state index contributed by atoms with van der Waals surface area (Å²) in [7, 11) is 6.87. The summed E-state index contributed by atoms with van der Waals surface area (Å²) in [6, 6.07) is 46.9. The number of ether oxygens (including phenoxy) is 2. The minimum absolute atomic E-state index is 0.0130. The summed E-state index contributed by atoms with van der Waals surface area (Å²) in [5, 5.41) is 9.39. The van der Waals surface area contributed by atoms with E-state index in [2.05, 4.69) is 48.3 Å². The second kappa shape index (κ2) is 24.2. The van der Waals surface area contributed by atoms with Crippen LogP contribution in [0.15, 0.2) is 181 Å². The molecule has 0 spiro atoms. The fraction of sp³-hybridized carbons (Fsp3) is 0.273. The van der Waals surface area contributed by atoms with E-state index in [1.54, 1.807) is 38.1 Å². The van der Waals surface area contributed by atoms with Gasteiger partial charge in [0.05, 0.1) is 24.9 Å². The first-order valence-corrected chi connectivity index (χ1v) is 29.0. The summed E-state index contributed by atoms with van der Waals surface area (Å²) in [5.74, 6) is 1.23. The highest BCUT2D eigenvalue weighted by molar-refractivity contribution is 6.41. The number of Topliss-reactive ketones (excluding diaryl/α,β-unsaturated/α-hetero) is 2. The number of aromatic amines is 2. The number of allylic oxidation sites excluding steroid dienone is 2. The van der Waals surface area contributed by atoms with Crippen molar-refractivity contribution in [2.75, 3.05) is 59.4 Å². The van der Waals surface area contributed by atoms with Crippen LogP contribution in [0.1, 0.15) is 75.6 Å². The minimum Gasteiger partial charge on any atom is -0.497 e. The van der Waals surface area contributed by atoms with Crippen LogP contribution in [0.5, 0.6) is 11.5 Å². The van der Waals surface area contributed by atoms with Crippen molar-refractivity contribution >= 4 is 114 Å². The summed E-state index contributed by atoms with van der Waals surface area (Å²) in [6.07, 6.45) is 5.79. The second-order valence-electron chi connectivity index (χ2n) is 22.3. The Bertz CT molecular complexity index is 3530. The number of halogens is 4. The molecule has 2 aromatic heterocycles. The molecular weight excluding hydrogens is 1110 g/mol. The van der Waals surface area contributed by atoms with Gasteiger partial charge in [-0.1, -0.05) is 100 Å². The molecule has 2 atom stereocenters. The van der Waals surface area contributed by atoms with E-state index in [1.807, 2.05) is 158 Å². The second-order valence-corrected chi connectivity index (χ2v) is 23.9. The number of para-hydroxylation sites is 4. The monoisotopic (exact) mass is 1180 g/mol. The molecule has 82 heavy (non-hydrogen) atoms. The Labute approximate surface area is 498 Å². The molecule has 0 bridgehead atoms. The molecule has 0 fully saturated rings. The number of benzene rings is 6. The lowest BCUT2D eigenvalue weighted by Crippen LogP contribution is -2.47. The maximum absolute atomic E-state index is 14.6. The van der Waals surface area contributed by atoms with Gasteiger partial charge < -0.3 is 39.9 Å². The van der Waals surface area contributed by atoms with E-state index in [-0.39, 0.29) is 44.9 Å². The van der Waals surface area contributed by atoms with Crippen LogP contribution >= 0.6 is 46.4 Å². The van der Waals surface area contributed by atoms with E-state index in [0.717, 1.165) is 89.7 Å². The number of alkyl halides is 4. The zero-order valence-electron chi connectivity index (χ0n) is 47.1. The Morgan fingerprint density at radius 2 is 0.793 bits per heavy atom. The van der Waals surface area contributed by atoms with Crippen LogP contribution in [0, 0.1) is 10.8 Å². The Balaban J connectivity index is 0.000000180. The van der Waals surface area contributed by atoms with Gasteiger partial charge in [0, 0.05) is 129 Å². The quantitative estimate of drug-likeness (QED) is 0.0989. The molecule has 0 unspecified atom stereocenters. The van der Waals surface area contributed by atoms with Gasteiger partial charge in [-0.05, 0) is 96.5 Å². The third-order valence-electron chi connectivity index (χ3n) is 15.8. The molecule has 0 radical (unpaired) electrons. The number of nitrogens with zero attached hydrogens (tertiary/aromatic N) is 2. The first-order valence-electron chi connectivity index (χ1n) is 26.8. The number of ketones is 2. The molecule has 6 aromatic carbocycles. The van der Waals surface area contributed by atoms with Gasteiger partial charge in [-0.15, -0.1) is 46.4 Å². The number of rotatable bonds is 10. The molecule has 424 valence electrons. The van der Waals surface area contributed by atoms with Crippen molar-refractivity contribution in [3.8, 4) is 11.5 Å². The summed E-state index contributed by atoms with van der Waals surface area (Å²) >= 11 is 19.1. The molecule has 4 heterocycles. The normalized spacial score (nSPS) is 19.6. The van der Waals surface area contributed by atoms with Gasteiger partial charge in [-0.25, -0.2) is 0 Å². The minimum atomic E-state index is -1.28. The summed E-state index contributed by atoms with van der Waals surface area (Å²) in [5.41, 5.74) is 7.94. The predicted octanol–water partition coefficient (Wildman–Crippen LogP) is 15.2.